The van der Waals surface area contributed by atoms with Crippen LogP contribution in [-0.2, 0) is 69.9 Å². The lowest BCUT2D eigenvalue weighted by Gasteiger charge is -2.33. The van der Waals surface area contributed by atoms with E-state index >= 15 is 0 Å². The first-order chi connectivity index (χ1) is 32.1. The average molecular weight is 1000 g/mol. The van der Waals surface area contributed by atoms with Gasteiger partial charge < -0.3 is 23.9 Å². The number of nitrogens with one attached hydrogen (secondary N) is 1. The summed E-state index contributed by atoms with van der Waals surface area (Å²) in [5.74, 6) is -4.14. The Hall–Kier alpha value is -6.59. The lowest BCUT2D eigenvalue weighted by Crippen LogP contribution is -2.38. The van der Waals surface area contributed by atoms with Gasteiger partial charge in [-0.2, -0.15) is 4.58 Å². The average Bonchev–Trinajstić information content (AvgIpc) is 3.77. The SMILES string of the molecule is CC1(C)C(/C=C2\C(=O)C(/C=C3/N(CCCCCC(=O)ON4C(=O)CCC4=O)c4ccc5cc(S(=O)(=O)[O-])ccc5c4C3(C)C)=C2[O-])=[N+](CC(=O)NS(C)(=O)=O)c2ccc3cc(S(=O)(=O)[O-])ccc3c21. The first-order valence-electron chi connectivity index (χ1n) is 21.6. The monoisotopic (exact) mass is 1000 g/mol. The van der Waals surface area contributed by atoms with Gasteiger partial charge in [-0.15, -0.1) is 5.06 Å². The van der Waals surface area contributed by atoms with E-state index in [-0.39, 0.29) is 36.1 Å². The fourth-order valence-electron chi connectivity index (χ4n) is 9.66. The molecule has 4 aromatic carbocycles. The number of imide groups is 1. The second-order valence-electron chi connectivity index (χ2n) is 18.3. The molecular formula is C47H44N4O15S3-2. The third-order valence-electron chi connectivity index (χ3n) is 12.8. The van der Waals surface area contributed by atoms with Crippen LogP contribution in [0.15, 0.2) is 105 Å². The molecule has 3 heterocycles. The van der Waals surface area contributed by atoms with Crippen LogP contribution in [0.1, 0.15) is 77.3 Å². The van der Waals surface area contributed by atoms with Gasteiger partial charge in [0.05, 0.1) is 21.5 Å². The summed E-state index contributed by atoms with van der Waals surface area (Å²) < 4.78 is 99.1. The first-order valence-corrected chi connectivity index (χ1v) is 26.3. The number of hydroxylamine groups is 2. The van der Waals surface area contributed by atoms with E-state index in [0.717, 1.165) is 17.9 Å². The topological polar surface area (TPSA) is 288 Å². The van der Waals surface area contributed by atoms with E-state index in [4.69, 9.17) is 4.84 Å². The van der Waals surface area contributed by atoms with Gasteiger partial charge in [0.1, 0.15) is 20.2 Å². The predicted octanol–water partition coefficient (Wildman–Crippen LogP) is 3.23. The number of rotatable bonds is 14. The van der Waals surface area contributed by atoms with E-state index < -0.39 is 92.7 Å². The minimum atomic E-state index is -4.82. The Morgan fingerprint density at radius 2 is 1.35 bits per heavy atom. The number of nitrogens with zero attached hydrogens (tertiary/aromatic N) is 3. The maximum absolute atomic E-state index is 14.3. The molecule has 4 aromatic rings. The minimum Gasteiger partial charge on any atom is -0.871 e. The van der Waals surface area contributed by atoms with E-state index in [2.05, 4.69) is 0 Å². The van der Waals surface area contributed by atoms with Gasteiger partial charge >= 0.3 is 5.97 Å². The van der Waals surface area contributed by atoms with Gasteiger partial charge in [-0.05, 0) is 96.3 Å². The highest BCUT2D eigenvalue weighted by atomic mass is 32.2. The van der Waals surface area contributed by atoms with Crippen LogP contribution in [0.3, 0.4) is 0 Å². The van der Waals surface area contributed by atoms with Crippen molar-refractivity contribution in [3.8, 4) is 0 Å². The molecule has 362 valence electrons. The molecule has 4 aliphatic rings. The molecular weight excluding hydrogens is 957 g/mol. The molecule has 0 aromatic heterocycles. The van der Waals surface area contributed by atoms with Crippen LogP contribution < -0.4 is 14.7 Å². The fourth-order valence-corrected chi connectivity index (χ4v) is 11.1. The summed E-state index contributed by atoms with van der Waals surface area (Å²) in [4.78, 5) is 69.8. The molecule has 1 saturated heterocycles. The second kappa shape index (κ2) is 17.1. The summed E-state index contributed by atoms with van der Waals surface area (Å²) in [5, 5.41) is 16.7. The molecule has 0 radical (unpaired) electrons. The minimum absolute atomic E-state index is 0.0412. The molecule has 8 rings (SSSR count). The van der Waals surface area contributed by atoms with E-state index in [1.807, 2.05) is 23.5 Å². The van der Waals surface area contributed by atoms with Gasteiger partial charge in [-0.25, -0.2) is 34.8 Å². The zero-order valence-corrected chi connectivity index (χ0v) is 40.2. The lowest BCUT2D eigenvalue weighted by atomic mass is 9.76. The maximum atomic E-state index is 14.3. The van der Waals surface area contributed by atoms with Gasteiger partial charge in [0.2, 0.25) is 22.3 Å². The van der Waals surface area contributed by atoms with Gasteiger partial charge in [0.15, 0.2) is 11.5 Å². The first kappa shape index (κ1) is 48.9. The largest absolute Gasteiger partial charge is 0.871 e. The zero-order chi connectivity index (χ0) is 50.3. The number of Topliss-reactive ketones (excluding diaryl/α,β-unsaturated/α-hetero) is 1. The standard InChI is InChI=1S/C47H46N4O15S3/c1-46(2)36(49(20-8-6-7-9-41(55)66-51-39(53)18-19-40(51)54)34-16-10-26-21-28(68(60,61)62)12-14-30(26)42(34)46)23-32-44(56)33(45(32)57)24-37-47(3,4)43-31-15-13-29(69(63,64)65)22-27(31)11-17-35(43)50(37)25-38(52)48-67(5,58)59/h10-17,21-24H,6-9,18-20,25H2,1-5H3,(H3-,48,52,56,57,60,61,62,63,64,65)/p-2. The van der Waals surface area contributed by atoms with Crippen molar-refractivity contribution in [1.82, 2.24) is 9.79 Å². The van der Waals surface area contributed by atoms with Gasteiger partial charge in [0, 0.05) is 71.5 Å². The number of sulfonamides is 1. The molecule has 3 amide bonds. The molecule has 0 spiro atoms. The highest BCUT2D eigenvalue weighted by Gasteiger charge is 2.48. The number of hydrogen-bond acceptors (Lipinski definition) is 16. The van der Waals surface area contributed by atoms with Crippen molar-refractivity contribution in [2.45, 2.75) is 86.8 Å². The number of unbranched alkanes of at least 4 members (excludes halogenated alkanes) is 2. The summed E-state index contributed by atoms with van der Waals surface area (Å²) in [7, 11) is -13.6. The Balaban J connectivity index is 1.16. The number of fused-ring (bicyclic) bond motifs is 6. The molecule has 0 atom stereocenters. The van der Waals surface area contributed by atoms with Gasteiger partial charge in [0.25, 0.3) is 17.7 Å². The Morgan fingerprint density at radius 3 is 1.91 bits per heavy atom. The Kier molecular flexibility index (Phi) is 12.1. The van der Waals surface area contributed by atoms with Crippen molar-refractivity contribution in [3.05, 3.63) is 107 Å². The van der Waals surface area contributed by atoms with Crippen molar-refractivity contribution in [2.24, 2.45) is 0 Å². The van der Waals surface area contributed by atoms with Gasteiger partial charge in [-0.1, -0.05) is 44.2 Å². The van der Waals surface area contributed by atoms with E-state index in [9.17, 15) is 63.4 Å². The number of carbonyl (C=O) groups is 5. The van der Waals surface area contributed by atoms with Crippen molar-refractivity contribution in [2.75, 3.05) is 24.2 Å². The van der Waals surface area contributed by atoms with Crippen LogP contribution in [0.2, 0.25) is 0 Å². The van der Waals surface area contributed by atoms with Crippen molar-refractivity contribution >= 4 is 98.4 Å². The highest BCUT2D eigenvalue weighted by molar-refractivity contribution is 7.89. The fraction of sp³-hybridized carbons (Fsp3) is 0.319. The molecule has 22 heteroatoms. The molecule has 0 saturated carbocycles. The molecule has 1 N–H and O–H groups in total. The van der Waals surface area contributed by atoms with E-state index in [1.54, 1.807) is 32.0 Å². The quantitative estimate of drug-likeness (QED) is 0.0624. The maximum Gasteiger partial charge on any atom is 0.333 e. The predicted molar refractivity (Wildman–Crippen MR) is 244 cm³/mol. The number of hydrogen-bond donors (Lipinski definition) is 1. The molecule has 1 aliphatic carbocycles. The summed E-state index contributed by atoms with van der Waals surface area (Å²) in [6, 6.07) is 14.3. The smallest absolute Gasteiger partial charge is 0.333 e. The van der Waals surface area contributed by atoms with E-state index in [0.29, 0.717) is 75.1 Å². The summed E-state index contributed by atoms with van der Waals surface area (Å²) >= 11 is 0. The number of amides is 3. The number of allylic oxidation sites excluding steroid dienone is 5. The Labute approximate surface area is 396 Å². The van der Waals surface area contributed by atoms with Crippen LogP contribution in [0.5, 0.6) is 0 Å². The van der Waals surface area contributed by atoms with Gasteiger partial charge in [-0.3, -0.25) is 19.2 Å². The van der Waals surface area contributed by atoms with Crippen LogP contribution >= 0.6 is 0 Å². The lowest BCUT2D eigenvalue weighted by molar-refractivity contribution is -0.425. The van der Waals surface area contributed by atoms with Crippen LogP contribution in [-0.4, -0.2) is 98.5 Å². The highest BCUT2D eigenvalue weighted by Crippen LogP contribution is 2.52. The third-order valence-corrected chi connectivity index (χ3v) is 15.1. The number of carbonyl (C=O) groups excluding carboxylic acids is 5. The zero-order valence-electron chi connectivity index (χ0n) is 37.8. The Morgan fingerprint density at radius 1 is 0.768 bits per heavy atom. The molecule has 0 unspecified atom stereocenters. The molecule has 19 nitrogen and oxygen atoms in total. The number of benzene rings is 4. The molecule has 1 fully saturated rings. The Bertz CT molecular complexity index is 3480. The normalized spacial score (nSPS) is 19.0. The van der Waals surface area contributed by atoms with Crippen LogP contribution in [0, 0.1) is 0 Å². The van der Waals surface area contributed by atoms with Crippen molar-refractivity contribution in [1.29, 1.82) is 0 Å². The number of ketones is 1. The third kappa shape index (κ3) is 8.97. The summed E-state index contributed by atoms with van der Waals surface area (Å²) in [5.41, 5.74) is 0.651. The van der Waals surface area contributed by atoms with Crippen molar-refractivity contribution < 1.29 is 72.9 Å². The molecule has 69 heavy (non-hydrogen) atoms. The summed E-state index contributed by atoms with van der Waals surface area (Å²) in [6.45, 7) is 6.97. The summed E-state index contributed by atoms with van der Waals surface area (Å²) in [6.07, 6.45) is 4.76. The second-order valence-corrected chi connectivity index (χ2v) is 22.8. The molecule has 0 bridgehead atoms. The number of anilines is 1. The molecule has 3 aliphatic heterocycles. The van der Waals surface area contributed by atoms with E-state index in [1.165, 1.54) is 53.1 Å². The van der Waals surface area contributed by atoms with Crippen molar-refractivity contribution in [3.63, 3.8) is 0 Å². The van der Waals surface area contributed by atoms with Crippen LogP contribution in [0.25, 0.3) is 21.5 Å². The van der Waals surface area contributed by atoms with Crippen LogP contribution in [0.4, 0.5) is 11.4 Å².